The lowest BCUT2D eigenvalue weighted by molar-refractivity contribution is 0.922. The fourth-order valence-corrected chi connectivity index (χ4v) is 2.91. The molecule has 0 radical (unpaired) electrons. The van der Waals surface area contributed by atoms with Crippen LogP contribution in [0.15, 0.2) is 52.1 Å². The molecule has 3 nitrogen and oxygen atoms in total. The number of imidazole rings is 1. The van der Waals surface area contributed by atoms with Crippen molar-refractivity contribution in [3.8, 4) is 11.3 Å². The molecule has 0 fully saturated rings. The zero-order chi connectivity index (χ0) is 13.2. The minimum absolute atomic E-state index is 0.841. The number of rotatable bonds is 3. The first-order valence-electron chi connectivity index (χ1n) is 6.01. The van der Waals surface area contributed by atoms with E-state index in [1.54, 1.807) is 10.7 Å². The molecule has 0 amide bonds. The van der Waals surface area contributed by atoms with E-state index in [9.17, 15) is 0 Å². The third-order valence-corrected chi connectivity index (χ3v) is 4.22. The van der Waals surface area contributed by atoms with Gasteiger partial charge in [0.15, 0.2) is 5.65 Å². The van der Waals surface area contributed by atoms with E-state index in [4.69, 9.17) is 0 Å². The molecule has 0 unspecified atom stereocenters. The van der Waals surface area contributed by atoms with Gasteiger partial charge in [-0.05, 0) is 45.9 Å². The average molecular weight is 334 g/mol. The molecule has 0 bridgehead atoms. The number of nitrogens with zero attached hydrogens (tertiary/aromatic N) is 3. The lowest BCUT2D eigenvalue weighted by Crippen LogP contribution is -1.94. The van der Waals surface area contributed by atoms with Crippen molar-refractivity contribution in [1.82, 2.24) is 14.6 Å². The molecule has 5 heteroatoms. The number of hydrogen-bond acceptors (Lipinski definition) is 3. The molecular weight excluding hydrogens is 322 g/mol. The number of halogens is 1. The smallest absolute Gasteiger partial charge is 0.154 e. The average Bonchev–Trinajstić information content (AvgIpc) is 2.81. The van der Waals surface area contributed by atoms with Crippen molar-refractivity contribution in [3.63, 3.8) is 0 Å². The first kappa shape index (κ1) is 12.7. The summed E-state index contributed by atoms with van der Waals surface area (Å²) in [5, 5.41) is 4.58. The highest BCUT2D eigenvalue weighted by molar-refractivity contribution is 9.10. The molecule has 19 heavy (non-hydrogen) atoms. The van der Waals surface area contributed by atoms with Crippen LogP contribution < -0.4 is 0 Å². The number of fused-ring (bicyclic) bond motifs is 1. The Bertz CT molecular complexity index is 706. The molecule has 3 rings (SSSR count). The number of benzene rings is 1. The Kier molecular flexibility index (Phi) is 3.57. The molecule has 0 aliphatic rings. The first-order valence-corrected chi connectivity index (χ1v) is 7.79. The van der Waals surface area contributed by atoms with Crippen molar-refractivity contribution in [3.05, 3.63) is 47.2 Å². The zero-order valence-corrected chi connectivity index (χ0v) is 12.8. The monoisotopic (exact) mass is 333 g/mol. The maximum atomic E-state index is 4.58. The van der Waals surface area contributed by atoms with Crippen LogP contribution in [0.3, 0.4) is 0 Å². The molecular formula is C14H12BrN3S. The van der Waals surface area contributed by atoms with Crippen molar-refractivity contribution in [2.75, 3.05) is 5.75 Å². The van der Waals surface area contributed by atoms with Gasteiger partial charge in [-0.25, -0.2) is 9.50 Å². The van der Waals surface area contributed by atoms with E-state index >= 15 is 0 Å². The lowest BCUT2D eigenvalue weighted by atomic mass is 10.1. The second-order valence-corrected chi connectivity index (χ2v) is 6.18. The van der Waals surface area contributed by atoms with E-state index in [2.05, 4.69) is 57.2 Å². The molecule has 2 heterocycles. The summed E-state index contributed by atoms with van der Waals surface area (Å²) in [5.41, 5.74) is 2.90. The van der Waals surface area contributed by atoms with Crippen molar-refractivity contribution in [2.45, 2.75) is 11.8 Å². The topological polar surface area (TPSA) is 30.2 Å². The van der Waals surface area contributed by atoms with Gasteiger partial charge in [-0.1, -0.05) is 19.1 Å². The molecule has 0 spiro atoms. The molecule has 0 atom stereocenters. The molecule has 96 valence electrons. The molecule has 0 aliphatic carbocycles. The maximum Gasteiger partial charge on any atom is 0.154 e. The van der Waals surface area contributed by atoms with Crippen LogP contribution in [0.5, 0.6) is 0 Å². The van der Waals surface area contributed by atoms with Gasteiger partial charge < -0.3 is 0 Å². The van der Waals surface area contributed by atoms with E-state index in [1.165, 1.54) is 4.90 Å². The highest BCUT2D eigenvalue weighted by Crippen LogP contribution is 2.23. The third kappa shape index (κ3) is 2.53. The van der Waals surface area contributed by atoms with Gasteiger partial charge in [0.2, 0.25) is 0 Å². The summed E-state index contributed by atoms with van der Waals surface area (Å²) < 4.78 is 2.66. The number of aromatic nitrogens is 3. The molecule has 0 aliphatic heterocycles. The molecule has 1 aromatic carbocycles. The van der Waals surface area contributed by atoms with Crippen LogP contribution in [0, 0.1) is 0 Å². The Labute approximate surface area is 124 Å². The Morgan fingerprint density at radius 3 is 2.68 bits per heavy atom. The highest BCUT2D eigenvalue weighted by Gasteiger charge is 2.05. The van der Waals surface area contributed by atoms with Crippen molar-refractivity contribution in [2.24, 2.45) is 0 Å². The summed E-state index contributed by atoms with van der Waals surface area (Å²) in [4.78, 5) is 5.53. The second kappa shape index (κ2) is 5.35. The minimum Gasteiger partial charge on any atom is -0.234 e. The Morgan fingerprint density at radius 2 is 1.95 bits per heavy atom. The molecule has 3 aromatic rings. The Morgan fingerprint density at radius 1 is 1.16 bits per heavy atom. The quantitative estimate of drug-likeness (QED) is 0.670. The summed E-state index contributed by atoms with van der Waals surface area (Å²) in [6.45, 7) is 2.16. The van der Waals surface area contributed by atoms with Crippen molar-refractivity contribution < 1.29 is 0 Å². The number of hydrogen-bond donors (Lipinski definition) is 0. The van der Waals surface area contributed by atoms with Gasteiger partial charge in [-0.2, -0.15) is 5.10 Å². The minimum atomic E-state index is 0.841. The van der Waals surface area contributed by atoms with E-state index in [0.717, 1.165) is 27.3 Å². The molecule has 0 N–H and O–H groups in total. The van der Waals surface area contributed by atoms with Crippen molar-refractivity contribution >= 4 is 33.3 Å². The summed E-state index contributed by atoms with van der Waals surface area (Å²) in [6, 6.07) is 12.5. The predicted molar refractivity (Wildman–Crippen MR) is 82.5 cm³/mol. The van der Waals surface area contributed by atoms with Crippen LogP contribution in [0.2, 0.25) is 0 Å². The fourth-order valence-electron chi connectivity index (χ4n) is 1.89. The van der Waals surface area contributed by atoms with Crippen LogP contribution >= 0.6 is 27.7 Å². The first-order chi connectivity index (χ1) is 9.28. The maximum absolute atomic E-state index is 4.58. The van der Waals surface area contributed by atoms with Gasteiger partial charge in [0.25, 0.3) is 0 Å². The lowest BCUT2D eigenvalue weighted by Gasteiger charge is -2.04. The summed E-state index contributed by atoms with van der Waals surface area (Å²) >= 11 is 5.28. The second-order valence-electron chi connectivity index (χ2n) is 4.03. The normalized spacial score (nSPS) is 11.1. The zero-order valence-electron chi connectivity index (χ0n) is 10.4. The van der Waals surface area contributed by atoms with Crippen LogP contribution in [0.4, 0.5) is 0 Å². The van der Waals surface area contributed by atoms with E-state index in [0.29, 0.717) is 0 Å². The van der Waals surface area contributed by atoms with Crippen LogP contribution in [0.25, 0.3) is 16.9 Å². The highest BCUT2D eigenvalue weighted by atomic mass is 79.9. The van der Waals surface area contributed by atoms with Gasteiger partial charge in [-0.15, -0.1) is 11.8 Å². The van der Waals surface area contributed by atoms with Gasteiger partial charge >= 0.3 is 0 Å². The van der Waals surface area contributed by atoms with E-state index in [1.807, 2.05) is 23.9 Å². The fraction of sp³-hybridized carbons (Fsp3) is 0.143. The van der Waals surface area contributed by atoms with Crippen LogP contribution in [-0.2, 0) is 0 Å². The summed E-state index contributed by atoms with van der Waals surface area (Å²) in [6.07, 6.45) is 1.76. The molecule has 2 aromatic heterocycles. The van der Waals surface area contributed by atoms with Crippen molar-refractivity contribution in [1.29, 1.82) is 0 Å². The van der Waals surface area contributed by atoms with Crippen LogP contribution in [0.1, 0.15) is 6.92 Å². The SMILES string of the molecule is CCSc1ccc(-c2ccc3ncc(Br)n3n2)cc1. The standard InChI is InChI=1S/C14H12BrN3S/c1-2-19-11-5-3-10(4-6-11)12-7-8-14-16-9-13(15)18(14)17-12/h3-9H,2H2,1H3. The summed E-state index contributed by atoms with van der Waals surface area (Å²) in [7, 11) is 0. The predicted octanol–water partition coefficient (Wildman–Crippen LogP) is 4.27. The molecule has 0 saturated heterocycles. The van der Waals surface area contributed by atoms with Gasteiger partial charge in [0.1, 0.15) is 4.60 Å². The van der Waals surface area contributed by atoms with E-state index in [-0.39, 0.29) is 0 Å². The van der Waals surface area contributed by atoms with Gasteiger partial charge in [-0.3, -0.25) is 0 Å². The van der Waals surface area contributed by atoms with E-state index < -0.39 is 0 Å². The third-order valence-electron chi connectivity index (χ3n) is 2.78. The van der Waals surface area contributed by atoms with Gasteiger partial charge in [0.05, 0.1) is 11.9 Å². The largest absolute Gasteiger partial charge is 0.234 e. The Hall–Kier alpha value is -1.33. The Balaban J connectivity index is 2.00. The molecule has 0 saturated carbocycles. The number of thioether (sulfide) groups is 1. The summed E-state index contributed by atoms with van der Waals surface area (Å²) in [5.74, 6) is 1.09. The van der Waals surface area contributed by atoms with Gasteiger partial charge in [0, 0.05) is 10.5 Å². The van der Waals surface area contributed by atoms with Crippen LogP contribution in [-0.4, -0.2) is 20.4 Å².